The summed E-state index contributed by atoms with van der Waals surface area (Å²) in [4.78, 5) is 12.9. The summed E-state index contributed by atoms with van der Waals surface area (Å²) in [6, 6.07) is 5.48. The van der Waals surface area contributed by atoms with E-state index in [2.05, 4.69) is 5.32 Å². The lowest BCUT2D eigenvalue weighted by atomic mass is 9.76. The van der Waals surface area contributed by atoms with Crippen LogP contribution in [0.5, 0.6) is 0 Å². The van der Waals surface area contributed by atoms with Gasteiger partial charge >= 0.3 is 0 Å². The third kappa shape index (κ3) is 3.41. The Labute approximate surface area is 167 Å². The lowest BCUT2D eigenvalue weighted by Crippen LogP contribution is -2.50. The van der Waals surface area contributed by atoms with E-state index in [0.29, 0.717) is 22.0 Å². The van der Waals surface area contributed by atoms with Gasteiger partial charge in [-0.05, 0) is 49.8 Å². The fourth-order valence-corrected chi connectivity index (χ4v) is 4.67. The summed E-state index contributed by atoms with van der Waals surface area (Å²) in [5.74, 6) is -3.61. The molecule has 0 radical (unpaired) electrons. The molecule has 2 aromatic heterocycles. The number of halogens is 3. The largest absolute Gasteiger partial charge is 0.388 e. The molecule has 2 saturated carbocycles. The van der Waals surface area contributed by atoms with E-state index in [4.69, 9.17) is 11.6 Å². The monoisotopic (exact) mass is 410 g/mol. The molecule has 2 fully saturated rings. The standard InChI is InChI=1S/C21H25ClF2N2O2/c1-13-11-20(28,7-8-21(13,23)24)12-25-19(27)15-10-17(14-4-2-5-14)26-9-3-6-16(22)18(15)26/h3,6,9-10,13-14,28H,2,4-5,7-8,11-12H2,1H3,(H,25,27). The number of pyridine rings is 1. The Morgan fingerprint density at radius 2 is 2.14 bits per heavy atom. The van der Waals surface area contributed by atoms with Gasteiger partial charge in [-0.2, -0.15) is 0 Å². The molecule has 0 aromatic carbocycles. The average molecular weight is 411 g/mol. The smallest absolute Gasteiger partial charge is 0.253 e. The lowest BCUT2D eigenvalue weighted by molar-refractivity contribution is -0.138. The molecule has 4 rings (SSSR count). The van der Waals surface area contributed by atoms with Gasteiger partial charge in [0.15, 0.2) is 0 Å². The molecular weight excluding hydrogens is 386 g/mol. The molecule has 2 aromatic rings. The van der Waals surface area contributed by atoms with Crippen LogP contribution in [0.4, 0.5) is 8.78 Å². The first-order chi connectivity index (χ1) is 13.2. The van der Waals surface area contributed by atoms with Gasteiger partial charge in [-0.15, -0.1) is 0 Å². The highest BCUT2D eigenvalue weighted by atomic mass is 35.5. The van der Waals surface area contributed by atoms with E-state index < -0.39 is 17.4 Å². The number of nitrogens with zero attached hydrogens (tertiary/aromatic N) is 1. The summed E-state index contributed by atoms with van der Waals surface area (Å²) in [5.41, 5.74) is 0.871. The number of carbonyl (C=O) groups is 1. The first-order valence-corrected chi connectivity index (χ1v) is 10.3. The normalized spacial score (nSPS) is 27.5. The Bertz CT molecular complexity index is 909. The zero-order valence-electron chi connectivity index (χ0n) is 15.9. The van der Waals surface area contributed by atoms with Crippen molar-refractivity contribution in [2.45, 2.75) is 62.9 Å². The molecule has 0 saturated heterocycles. The second-order valence-electron chi connectivity index (χ2n) is 8.46. The fraction of sp³-hybridized carbons (Fsp3) is 0.571. The second-order valence-corrected chi connectivity index (χ2v) is 8.87. The van der Waals surface area contributed by atoms with Gasteiger partial charge in [0, 0.05) is 30.8 Å². The van der Waals surface area contributed by atoms with Crippen molar-refractivity contribution in [3.63, 3.8) is 0 Å². The minimum atomic E-state index is -2.76. The van der Waals surface area contributed by atoms with Gasteiger partial charge < -0.3 is 14.8 Å². The van der Waals surface area contributed by atoms with Crippen LogP contribution >= 0.6 is 11.6 Å². The molecule has 152 valence electrons. The Hall–Kier alpha value is -1.66. The third-order valence-corrected chi connectivity index (χ3v) is 6.75. The topological polar surface area (TPSA) is 53.7 Å². The highest BCUT2D eigenvalue weighted by molar-refractivity contribution is 6.34. The number of aliphatic hydroxyl groups is 1. The number of fused-ring (bicyclic) bond motifs is 1. The number of amides is 1. The molecule has 4 nitrogen and oxygen atoms in total. The van der Waals surface area contributed by atoms with E-state index >= 15 is 0 Å². The SMILES string of the molecule is CC1CC(O)(CNC(=O)c2cc(C3CCC3)n3cccc(Cl)c23)CCC1(F)F. The summed E-state index contributed by atoms with van der Waals surface area (Å²) in [5, 5.41) is 13.9. The quantitative estimate of drug-likeness (QED) is 0.762. The lowest BCUT2D eigenvalue weighted by Gasteiger charge is -2.40. The van der Waals surface area contributed by atoms with Crippen LogP contribution < -0.4 is 5.32 Å². The van der Waals surface area contributed by atoms with Gasteiger partial charge in [-0.25, -0.2) is 8.78 Å². The molecule has 1 amide bonds. The Kier molecular flexibility index (Phi) is 4.91. The van der Waals surface area contributed by atoms with Gasteiger partial charge in [0.25, 0.3) is 11.8 Å². The molecule has 0 spiro atoms. The molecule has 2 aliphatic rings. The van der Waals surface area contributed by atoms with Crippen LogP contribution in [0.25, 0.3) is 5.52 Å². The predicted octanol–water partition coefficient (Wildman–Crippen LogP) is 4.78. The van der Waals surface area contributed by atoms with Gasteiger partial charge in [0.05, 0.1) is 21.7 Å². The Morgan fingerprint density at radius 1 is 1.39 bits per heavy atom. The van der Waals surface area contributed by atoms with Crippen molar-refractivity contribution in [3.8, 4) is 0 Å². The van der Waals surface area contributed by atoms with Crippen LogP contribution in [-0.4, -0.2) is 33.5 Å². The summed E-state index contributed by atoms with van der Waals surface area (Å²) < 4.78 is 29.4. The average Bonchev–Trinajstić information content (AvgIpc) is 2.97. The third-order valence-electron chi connectivity index (χ3n) is 6.45. The molecule has 28 heavy (non-hydrogen) atoms. The molecule has 7 heteroatoms. The first kappa shape index (κ1) is 19.6. The molecule has 2 atom stereocenters. The molecule has 2 N–H and O–H groups in total. The maximum atomic E-state index is 13.7. The van der Waals surface area contributed by atoms with E-state index in [1.165, 1.54) is 13.3 Å². The minimum absolute atomic E-state index is 0.0325. The van der Waals surface area contributed by atoms with Gasteiger partial charge in [0.2, 0.25) is 0 Å². The van der Waals surface area contributed by atoms with Crippen molar-refractivity contribution < 1.29 is 18.7 Å². The van der Waals surface area contributed by atoms with E-state index in [1.54, 1.807) is 6.07 Å². The fourth-order valence-electron chi connectivity index (χ4n) is 4.40. The highest BCUT2D eigenvalue weighted by Gasteiger charge is 2.47. The summed E-state index contributed by atoms with van der Waals surface area (Å²) in [6.07, 6.45) is 4.82. The highest BCUT2D eigenvalue weighted by Crippen LogP contribution is 2.43. The van der Waals surface area contributed by atoms with Crippen molar-refractivity contribution in [1.82, 2.24) is 9.72 Å². The zero-order valence-corrected chi connectivity index (χ0v) is 16.6. The van der Waals surface area contributed by atoms with Crippen LogP contribution in [0.2, 0.25) is 5.02 Å². The van der Waals surface area contributed by atoms with Crippen LogP contribution in [0.15, 0.2) is 24.4 Å². The number of hydrogen-bond acceptors (Lipinski definition) is 2. The van der Waals surface area contributed by atoms with E-state index in [0.717, 1.165) is 18.5 Å². The molecule has 0 aliphatic heterocycles. The van der Waals surface area contributed by atoms with Crippen molar-refractivity contribution in [2.24, 2.45) is 5.92 Å². The summed E-state index contributed by atoms with van der Waals surface area (Å²) in [6.45, 7) is 1.39. The van der Waals surface area contributed by atoms with Crippen molar-refractivity contribution in [1.29, 1.82) is 0 Å². The predicted molar refractivity (Wildman–Crippen MR) is 104 cm³/mol. The Balaban J connectivity index is 1.55. The van der Waals surface area contributed by atoms with E-state index in [9.17, 15) is 18.7 Å². The van der Waals surface area contributed by atoms with Crippen LogP contribution in [0.3, 0.4) is 0 Å². The second kappa shape index (κ2) is 6.99. The molecule has 2 unspecified atom stereocenters. The summed E-state index contributed by atoms with van der Waals surface area (Å²) in [7, 11) is 0. The van der Waals surface area contributed by atoms with Crippen molar-refractivity contribution >= 4 is 23.0 Å². The van der Waals surface area contributed by atoms with Crippen molar-refractivity contribution in [3.05, 3.63) is 40.7 Å². The van der Waals surface area contributed by atoms with Crippen molar-refractivity contribution in [2.75, 3.05) is 6.54 Å². The molecule has 2 aliphatic carbocycles. The number of alkyl halides is 2. The number of carbonyl (C=O) groups excluding carboxylic acids is 1. The van der Waals surface area contributed by atoms with E-state index in [-0.39, 0.29) is 31.7 Å². The molecule has 2 heterocycles. The number of hydrogen-bond donors (Lipinski definition) is 2. The van der Waals surface area contributed by atoms with Crippen LogP contribution in [0.1, 0.15) is 67.4 Å². The maximum absolute atomic E-state index is 13.7. The summed E-state index contributed by atoms with van der Waals surface area (Å²) >= 11 is 6.38. The number of aromatic nitrogens is 1. The minimum Gasteiger partial charge on any atom is -0.388 e. The molecule has 0 bridgehead atoms. The first-order valence-electron chi connectivity index (χ1n) is 9.88. The Morgan fingerprint density at radius 3 is 2.79 bits per heavy atom. The molecular formula is C21H25ClF2N2O2. The number of nitrogens with one attached hydrogen (secondary N) is 1. The van der Waals surface area contributed by atoms with Crippen LogP contribution in [0, 0.1) is 5.92 Å². The maximum Gasteiger partial charge on any atom is 0.253 e. The van der Waals surface area contributed by atoms with Crippen LogP contribution in [-0.2, 0) is 0 Å². The van der Waals surface area contributed by atoms with E-state index in [1.807, 2.05) is 22.7 Å². The van der Waals surface area contributed by atoms with Gasteiger partial charge in [0.1, 0.15) is 0 Å². The van der Waals surface area contributed by atoms with Gasteiger partial charge in [-0.1, -0.05) is 24.9 Å². The number of rotatable bonds is 4. The zero-order chi connectivity index (χ0) is 20.1. The van der Waals surface area contributed by atoms with Gasteiger partial charge in [-0.3, -0.25) is 4.79 Å².